The topological polar surface area (TPSA) is 81.2 Å². The Labute approximate surface area is 166 Å². The summed E-state index contributed by atoms with van der Waals surface area (Å²) in [5.74, 6) is 1.69. The van der Waals surface area contributed by atoms with Crippen LogP contribution in [0.1, 0.15) is 16.0 Å². The molecule has 2 aromatic carbocycles. The van der Waals surface area contributed by atoms with Gasteiger partial charge in [-0.05, 0) is 53.4 Å². The number of nitrogens with zero attached hydrogens (tertiary/aromatic N) is 1. The lowest BCUT2D eigenvalue weighted by molar-refractivity contribution is 0.301. The van der Waals surface area contributed by atoms with E-state index >= 15 is 0 Å². The number of nitrogen functional groups attached to an aromatic ring is 1. The second kappa shape index (κ2) is 8.10. The molecule has 2 aromatic heterocycles. The normalized spacial score (nSPS) is 10.7. The van der Waals surface area contributed by atoms with Gasteiger partial charge in [0.25, 0.3) is 0 Å². The van der Waals surface area contributed by atoms with E-state index < -0.39 is 0 Å². The minimum Gasteiger partial charge on any atom is -0.489 e. The number of nitrogens with one attached hydrogen (secondary N) is 1. The van der Waals surface area contributed by atoms with Crippen molar-refractivity contribution in [3.8, 4) is 11.5 Å². The molecule has 0 unspecified atom stereocenters. The number of thiophene rings is 1. The summed E-state index contributed by atoms with van der Waals surface area (Å²) in [4.78, 5) is 4.85. The van der Waals surface area contributed by atoms with Gasteiger partial charge in [-0.25, -0.2) is 0 Å². The SMILES string of the molecule is N=C(N)c1cc2ccc(OCc3ccc(OCc4cccnc4)cc3)cc2s1. The maximum atomic E-state index is 7.55. The molecule has 3 N–H and O–H groups in total. The van der Waals surface area contributed by atoms with Gasteiger partial charge in [0, 0.05) is 22.7 Å². The van der Waals surface area contributed by atoms with Gasteiger partial charge in [-0.1, -0.05) is 18.2 Å². The van der Waals surface area contributed by atoms with Crippen LogP contribution in [0, 0.1) is 5.41 Å². The molecule has 0 aliphatic heterocycles. The highest BCUT2D eigenvalue weighted by atomic mass is 32.1. The summed E-state index contributed by atoms with van der Waals surface area (Å²) in [6.07, 6.45) is 3.54. The fourth-order valence-electron chi connectivity index (χ4n) is 2.73. The molecule has 0 saturated heterocycles. The van der Waals surface area contributed by atoms with E-state index in [2.05, 4.69) is 4.98 Å². The number of aromatic nitrogens is 1. The standard InChI is InChI=1S/C22H19N3O2S/c23-22(24)21-10-17-5-8-19(11-20(17)28-21)27-13-15-3-6-18(7-4-15)26-14-16-2-1-9-25-12-16/h1-12H,13-14H2,(H3,23,24). The Hall–Kier alpha value is -3.38. The molecule has 28 heavy (non-hydrogen) atoms. The van der Waals surface area contributed by atoms with Crippen molar-refractivity contribution in [1.29, 1.82) is 5.41 Å². The van der Waals surface area contributed by atoms with Crippen LogP contribution in [0.25, 0.3) is 10.1 Å². The number of rotatable bonds is 7. The summed E-state index contributed by atoms with van der Waals surface area (Å²) in [6, 6.07) is 19.6. The first-order valence-electron chi connectivity index (χ1n) is 8.79. The fourth-order valence-corrected chi connectivity index (χ4v) is 3.69. The molecule has 0 fully saturated rings. The highest BCUT2D eigenvalue weighted by molar-refractivity contribution is 7.20. The lowest BCUT2D eigenvalue weighted by Gasteiger charge is -2.09. The summed E-state index contributed by atoms with van der Waals surface area (Å²) in [6.45, 7) is 0.964. The Morgan fingerprint density at radius 2 is 1.68 bits per heavy atom. The van der Waals surface area contributed by atoms with Crippen LogP contribution in [0.3, 0.4) is 0 Å². The van der Waals surface area contributed by atoms with Gasteiger partial charge in [0.05, 0.1) is 4.88 Å². The fraction of sp³-hybridized carbons (Fsp3) is 0.0909. The lowest BCUT2D eigenvalue weighted by atomic mass is 10.2. The Balaban J connectivity index is 1.35. The molecule has 0 aliphatic rings. The Morgan fingerprint density at radius 1 is 0.929 bits per heavy atom. The minimum atomic E-state index is 0.0921. The third-order valence-corrected chi connectivity index (χ3v) is 5.35. The molecule has 0 bridgehead atoms. The lowest BCUT2D eigenvalue weighted by Crippen LogP contribution is -2.08. The first-order chi connectivity index (χ1) is 13.7. The number of hydrogen-bond acceptors (Lipinski definition) is 5. The van der Waals surface area contributed by atoms with Crippen LogP contribution in [0.4, 0.5) is 0 Å². The molecule has 0 saturated carbocycles. The molecule has 4 aromatic rings. The minimum absolute atomic E-state index is 0.0921. The molecule has 0 amide bonds. The molecule has 5 nitrogen and oxygen atoms in total. The molecular formula is C22H19N3O2S. The van der Waals surface area contributed by atoms with Gasteiger partial charge in [0.1, 0.15) is 30.5 Å². The molecular weight excluding hydrogens is 370 g/mol. The quantitative estimate of drug-likeness (QED) is 0.353. The number of ether oxygens (including phenoxy) is 2. The first-order valence-corrected chi connectivity index (χ1v) is 9.60. The summed E-state index contributed by atoms with van der Waals surface area (Å²) in [5.41, 5.74) is 7.66. The van der Waals surface area contributed by atoms with Crippen molar-refractivity contribution in [2.45, 2.75) is 13.2 Å². The van der Waals surface area contributed by atoms with Crippen LogP contribution in [0.2, 0.25) is 0 Å². The molecule has 4 rings (SSSR count). The zero-order chi connectivity index (χ0) is 19.3. The predicted octanol–water partition coefficient (Wildman–Crippen LogP) is 4.74. The number of pyridine rings is 1. The van der Waals surface area contributed by atoms with E-state index in [1.807, 2.05) is 60.7 Å². The van der Waals surface area contributed by atoms with E-state index in [1.165, 1.54) is 11.3 Å². The molecule has 0 atom stereocenters. The van der Waals surface area contributed by atoms with E-state index in [-0.39, 0.29) is 5.84 Å². The number of amidine groups is 1. The van der Waals surface area contributed by atoms with E-state index in [4.69, 9.17) is 20.6 Å². The van der Waals surface area contributed by atoms with E-state index in [1.54, 1.807) is 12.4 Å². The van der Waals surface area contributed by atoms with Crippen LogP contribution in [0.15, 0.2) is 73.1 Å². The van der Waals surface area contributed by atoms with Crippen molar-refractivity contribution in [2.24, 2.45) is 5.73 Å². The molecule has 2 heterocycles. The summed E-state index contributed by atoms with van der Waals surface area (Å²) in [7, 11) is 0. The maximum absolute atomic E-state index is 7.55. The van der Waals surface area contributed by atoms with Crippen molar-refractivity contribution in [3.63, 3.8) is 0 Å². The average Bonchev–Trinajstić information content (AvgIpc) is 3.16. The van der Waals surface area contributed by atoms with Crippen molar-refractivity contribution in [3.05, 3.63) is 89.1 Å². The summed E-state index contributed by atoms with van der Waals surface area (Å²) in [5, 5.41) is 8.62. The number of nitrogens with two attached hydrogens (primary N) is 1. The van der Waals surface area contributed by atoms with Crippen molar-refractivity contribution in [2.75, 3.05) is 0 Å². The Bertz CT molecular complexity index is 1090. The first kappa shape index (κ1) is 18.0. The second-order valence-corrected chi connectivity index (χ2v) is 7.39. The Morgan fingerprint density at radius 3 is 2.43 bits per heavy atom. The molecule has 140 valence electrons. The van der Waals surface area contributed by atoms with Gasteiger partial charge in [0.15, 0.2) is 0 Å². The van der Waals surface area contributed by atoms with Gasteiger partial charge in [-0.2, -0.15) is 0 Å². The van der Waals surface area contributed by atoms with Crippen LogP contribution < -0.4 is 15.2 Å². The van der Waals surface area contributed by atoms with Gasteiger partial charge < -0.3 is 15.2 Å². The maximum Gasteiger partial charge on any atom is 0.133 e. The smallest absolute Gasteiger partial charge is 0.133 e. The largest absolute Gasteiger partial charge is 0.489 e. The average molecular weight is 389 g/mol. The summed E-state index contributed by atoms with van der Waals surface area (Å²) >= 11 is 1.50. The monoisotopic (exact) mass is 389 g/mol. The molecule has 0 radical (unpaired) electrons. The van der Waals surface area contributed by atoms with Crippen LogP contribution >= 0.6 is 11.3 Å². The van der Waals surface area contributed by atoms with Crippen LogP contribution in [0.5, 0.6) is 11.5 Å². The van der Waals surface area contributed by atoms with Gasteiger partial charge in [-0.15, -0.1) is 11.3 Å². The highest BCUT2D eigenvalue weighted by Crippen LogP contribution is 2.29. The predicted molar refractivity (Wildman–Crippen MR) is 112 cm³/mol. The zero-order valence-electron chi connectivity index (χ0n) is 15.1. The Kier molecular flexibility index (Phi) is 5.21. The van der Waals surface area contributed by atoms with Crippen molar-refractivity contribution >= 4 is 27.3 Å². The van der Waals surface area contributed by atoms with Gasteiger partial charge >= 0.3 is 0 Å². The van der Waals surface area contributed by atoms with Crippen LogP contribution in [-0.2, 0) is 13.2 Å². The second-order valence-electron chi connectivity index (χ2n) is 6.31. The van der Waals surface area contributed by atoms with E-state index in [0.717, 1.165) is 37.6 Å². The van der Waals surface area contributed by atoms with Crippen molar-refractivity contribution in [1.82, 2.24) is 4.98 Å². The van der Waals surface area contributed by atoms with Crippen molar-refractivity contribution < 1.29 is 9.47 Å². The molecule has 0 spiro atoms. The van der Waals surface area contributed by atoms with Gasteiger partial charge in [-0.3, -0.25) is 10.4 Å². The number of hydrogen-bond donors (Lipinski definition) is 2. The third kappa shape index (κ3) is 4.29. The summed E-state index contributed by atoms with van der Waals surface area (Å²) < 4.78 is 12.7. The third-order valence-electron chi connectivity index (χ3n) is 4.21. The van der Waals surface area contributed by atoms with Gasteiger partial charge in [0.2, 0.25) is 0 Å². The molecule has 6 heteroatoms. The van der Waals surface area contributed by atoms with E-state index in [9.17, 15) is 0 Å². The number of benzene rings is 2. The highest BCUT2D eigenvalue weighted by Gasteiger charge is 2.06. The van der Waals surface area contributed by atoms with Crippen LogP contribution in [-0.4, -0.2) is 10.8 Å². The zero-order valence-corrected chi connectivity index (χ0v) is 15.9. The number of fused-ring (bicyclic) bond motifs is 1. The molecule has 0 aliphatic carbocycles. The van der Waals surface area contributed by atoms with E-state index in [0.29, 0.717) is 13.2 Å².